The molecule has 1 spiro atoms. The summed E-state index contributed by atoms with van der Waals surface area (Å²) in [6.07, 6.45) is 1.64. The maximum atomic E-state index is 12.4. The number of hydrogen-bond donors (Lipinski definition) is 2. The predicted molar refractivity (Wildman–Crippen MR) is 84.3 cm³/mol. The minimum atomic E-state index is -1.09. The van der Waals surface area contributed by atoms with Crippen molar-refractivity contribution < 1.29 is 24.6 Å². The van der Waals surface area contributed by atoms with E-state index in [0.29, 0.717) is 26.2 Å². The molecule has 0 radical (unpaired) electrons. The van der Waals surface area contributed by atoms with E-state index in [9.17, 15) is 19.5 Å². The van der Waals surface area contributed by atoms with Gasteiger partial charge < -0.3 is 20.0 Å². The highest BCUT2D eigenvalue weighted by Crippen LogP contribution is 2.53. The normalized spacial score (nSPS) is 29.1. The number of aliphatic hydroxyl groups is 1. The molecule has 1 aliphatic carbocycles. The lowest BCUT2D eigenvalue weighted by Gasteiger charge is -2.39. The van der Waals surface area contributed by atoms with Gasteiger partial charge in [0.15, 0.2) is 0 Å². The molecule has 3 amide bonds. The summed E-state index contributed by atoms with van der Waals surface area (Å²) in [5.74, 6) is -0.308. The van der Waals surface area contributed by atoms with Gasteiger partial charge in [0.05, 0.1) is 6.10 Å². The number of piperidine rings is 1. The third-order valence-electron chi connectivity index (χ3n) is 5.81. The van der Waals surface area contributed by atoms with Gasteiger partial charge in [-0.3, -0.25) is 14.5 Å². The maximum Gasteiger partial charge on any atom is 0.408 e. The number of piperazine rings is 1. The lowest BCUT2D eigenvalue weighted by atomic mass is 9.90. The first-order valence-electron chi connectivity index (χ1n) is 8.58. The van der Waals surface area contributed by atoms with Gasteiger partial charge in [0.1, 0.15) is 6.04 Å². The monoisotopic (exact) mass is 339 g/mol. The van der Waals surface area contributed by atoms with Crippen molar-refractivity contribution in [3.8, 4) is 0 Å². The van der Waals surface area contributed by atoms with E-state index < -0.39 is 18.2 Å². The van der Waals surface area contributed by atoms with Gasteiger partial charge in [-0.25, -0.2) is 4.79 Å². The van der Waals surface area contributed by atoms with Gasteiger partial charge in [-0.1, -0.05) is 0 Å². The molecule has 0 bridgehead atoms. The summed E-state index contributed by atoms with van der Waals surface area (Å²) in [6.45, 7) is 3.51. The Balaban J connectivity index is 1.48. The Morgan fingerprint density at radius 2 is 1.92 bits per heavy atom. The molecular formula is C16H25N3O5. The lowest BCUT2D eigenvalue weighted by Crippen LogP contribution is -2.57. The fourth-order valence-corrected chi connectivity index (χ4v) is 3.79. The Labute approximate surface area is 141 Å². The van der Waals surface area contributed by atoms with Gasteiger partial charge in [0, 0.05) is 39.1 Å². The second-order valence-corrected chi connectivity index (χ2v) is 7.20. The number of rotatable bonds is 3. The zero-order valence-electron chi connectivity index (χ0n) is 14.0. The van der Waals surface area contributed by atoms with Crippen LogP contribution in [0.1, 0.15) is 32.6 Å². The van der Waals surface area contributed by atoms with Crippen molar-refractivity contribution in [2.24, 2.45) is 5.41 Å². The maximum absolute atomic E-state index is 12.4. The van der Waals surface area contributed by atoms with Crippen molar-refractivity contribution in [2.75, 3.05) is 32.7 Å². The van der Waals surface area contributed by atoms with Crippen LogP contribution in [0, 0.1) is 5.41 Å². The summed E-state index contributed by atoms with van der Waals surface area (Å²) in [5, 5.41) is 19.2. The Bertz CT molecular complexity index is 548. The number of carbonyl (C=O) groups excluding carboxylic acids is 2. The summed E-state index contributed by atoms with van der Waals surface area (Å²) in [7, 11) is 0. The molecule has 8 heteroatoms. The average Bonchev–Trinajstić information content (AvgIpc) is 3.32. The highest BCUT2D eigenvalue weighted by molar-refractivity contribution is 5.86. The molecule has 3 aliphatic rings. The molecule has 3 rings (SSSR count). The smallest absolute Gasteiger partial charge is 0.408 e. The number of nitrogens with zero attached hydrogens (tertiary/aromatic N) is 3. The quantitative estimate of drug-likeness (QED) is 0.751. The number of carbonyl (C=O) groups is 3. The number of β-amino-alcohol motifs (C(OH)–C–C–N with tert-alkyl or cyclic N) is 1. The average molecular weight is 339 g/mol. The van der Waals surface area contributed by atoms with E-state index in [0.717, 1.165) is 24.2 Å². The van der Waals surface area contributed by atoms with E-state index in [4.69, 9.17) is 5.11 Å². The van der Waals surface area contributed by atoms with E-state index in [1.165, 1.54) is 0 Å². The highest BCUT2D eigenvalue weighted by atomic mass is 16.4. The van der Waals surface area contributed by atoms with Crippen molar-refractivity contribution in [3.05, 3.63) is 0 Å². The summed E-state index contributed by atoms with van der Waals surface area (Å²) >= 11 is 0. The zero-order valence-corrected chi connectivity index (χ0v) is 14.0. The molecule has 3 fully saturated rings. The molecule has 2 unspecified atom stereocenters. The van der Waals surface area contributed by atoms with Crippen LogP contribution in [-0.2, 0) is 9.59 Å². The van der Waals surface area contributed by atoms with Gasteiger partial charge in [0.2, 0.25) is 11.8 Å². The fourth-order valence-electron chi connectivity index (χ4n) is 3.79. The SMILES string of the molecule is CC1C(=O)N(CCC(=O)N2CCC3(CC3)C(O)C2)CCN1C(=O)O. The molecule has 2 N–H and O–H groups in total. The molecule has 2 atom stereocenters. The Morgan fingerprint density at radius 1 is 1.21 bits per heavy atom. The van der Waals surface area contributed by atoms with Gasteiger partial charge in [-0.2, -0.15) is 0 Å². The number of amides is 3. The highest BCUT2D eigenvalue weighted by Gasteiger charge is 2.51. The van der Waals surface area contributed by atoms with Crippen molar-refractivity contribution in [1.82, 2.24) is 14.7 Å². The van der Waals surface area contributed by atoms with Crippen LogP contribution in [0.4, 0.5) is 4.79 Å². The minimum Gasteiger partial charge on any atom is -0.465 e. The zero-order chi connectivity index (χ0) is 17.5. The molecule has 8 nitrogen and oxygen atoms in total. The van der Waals surface area contributed by atoms with E-state index in [2.05, 4.69) is 0 Å². The lowest BCUT2D eigenvalue weighted by molar-refractivity contribution is -0.142. The van der Waals surface area contributed by atoms with Gasteiger partial charge >= 0.3 is 6.09 Å². The second kappa shape index (κ2) is 6.23. The van der Waals surface area contributed by atoms with Crippen LogP contribution >= 0.6 is 0 Å². The summed E-state index contributed by atoms with van der Waals surface area (Å²) < 4.78 is 0. The fraction of sp³-hybridized carbons (Fsp3) is 0.812. The standard InChI is InChI=1S/C16H25N3O5/c1-11-14(22)17(8-9-19(11)15(23)24)6-2-13(21)18-7-5-16(3-4-16)12(20)10-18/h11-12,20H,2-10H2,1H3,(H,23,24). The van der Waals surface area contributed by atoms with E-state index in [1.54, 1.807) is 16.7 Å². The molecule has 24 heavy (non-hydrogen) atoms. The van der Waals surface area contributed by atoms with Crippen molar-refractivity contribution in [2.45, 2.75) is 44.8 Å². The van der Waals surface area contributed by atoms with Crippen molar-refractivity contribution >= 4 is 17.9 Å². The van der Waals surface area contributed by atoms with Crippen LogP contribution in [0.2, 0.25) is 0 Å². The topological polar surface area (TPSA) is 101 Å². The van der Waals surface area contributed by atoms with Crippen LogP contribution in [0.5, 0.6) is 0 Å². The first-order chi connectivity index (χ1) is 11.3. The molecule has 2 saturated heterocycles. The molecule has 0 aromatic heterocycles. The van der Waals surface area contributed by atoms with Crippen LogP contribution in [0.25, 0.3) is 0 Å². The van der Waals surface area contributed by atoms with Gasteiger partial charge in [-0.05, 0) is 31.6 Å². The Morgan fingerprint density at radius 3 is 2.50 bits per heavy atom. The number of hydrogen-bond acceptors (Lipinski definition) is 4. The predicted octanol–water partition coefficient (Wildman–Crippen LogP) is -0.0394. The summed E-state index contributed by atoms with van der Waals surface area (Å²) in [6, 6.07) is -0.710. The molecule has 134 valence electrons. The molecule has 2 aliphatic heterocycles. The van der Waals surface area contributed by atoms with Crippen LogP contribution < -0.4 is 0 Å². The number of likely N-dealkylation sites (tertiary alicyclic amines) is 1. The third-order valence-corrected chi connectivity index (χ3v) is 5.81. The molecule has 1 saturated carbocycles. The van der Waals surface area contributed by atoms with Crippen LogP contribution in [0.3, 0.4) is 0 Å². The first kappa shape index (κ1) is 17.0. The van der Waals surface area contributed by atoms with Gasteiger partial charge in [-0.15, -0.1) is 0 Å². The molecule has 0 aromatic rings. The van der Waals surface area contributed by atoms with E-state index >= 15 is 0 Å². The van der Waals surface area contributed by atoms with Crippen molar-refractivity contribution in [1.29, 1.82) is 0 Å². The number of aliphatic hydroxyl groups excluding tert-OH is 1. The Hall–Kier alpha value is -1.83. The Kier molecular flexibility index (Phi) is 4.42. The first-order valence-corrected chi connectivity index (χ1v) is 8.58. The minimum absolute atomic E-state index is 0.0503. The summed E-state index contributed by atoms with van der Waals surface area (Å²) in [5.41, 5.74) is 0.0648. The van der Waals surface area contributed by atoms with E-state index in [1.807, 2.05) is 0 Å². The van der Waals surface area contributed by atoms with Crippen LogP contribution in [0.15, 0.2) is 0 Å². The van der Waals surface area contributed by atoms with Crippen molar-refractivity contribution in [3.63, 3.8) is 0 Å². The largest absolute Gasteiger partial charge is 0.465 e. The molecule has 0 aromatic carbocycles. The van der Waals surface area contributed by atoms with E-state index in [-0.39, 0.29) is 30.2 Å². The molecule has 2 heterocycles. The second-order valence-electron chi connectivity index (χ2n) is 7.20. The van der Waals surface area contributed by atoms with Gasteiger partial charge in [0.25, 0.3) is 0 Å². The molecular weight excluding hydrogens is 314 g/mol. The number of carboxylic acid groups (broad SMARTS) is 1. The summed E-state index contributed by atoms with van der Waals surface area (Å²) in [4.78, 5) is 40.0. The van der Waals surface area contributed by atoms with Crippen LogP contribution in [-0.4, -0.2) is 87.7 Å². The third kappa shape index (κ3) is 3.07.